The number of para-hydroxylation sites is 1. The first-order chi connectivity index (χ1) is 7.76. The summed E-state index contributed by atoms with van der Waals surface area (Å²) in [6, 6.07) is 7.29. The predicted molar refractivity (Wildman–Crippen MR) is 69.6 cm³/mol. The Morgan fingerprint density at radius 1 is 1.24 bits per heavy atom. The monoisotopic (exact) mass is 257 g/mol. The Kier molecular flexibility index (Phi) is 4.16. The van der Waals surface area contributed by atoms with Crippen LogP contribution in [0.15, 0.2) is 24.3 Å². The summed E-state index contributed by atoms with van der Waals surface area (Å²) in [6.07, 6.45) is 0. The van der Waals surface area contributed by atoms with E-state index in [1.807, 2.05) is 32.9 Å². The third-order valence-electron chi connectivity index (χ3n) is 2.36. The highest BCUT2D eigenvalue weighted by Gasteiger charge is 2.20. The second kappa shape index (κ2) is 5.06. The Morgan fingerprint density at radius 2 is 1.82 bits per heavy atom. The Bertz CT molecular complexity index is 475. The highest BCUT2D eigenvalue weighted by atomic mass is 32.2. The summed E-state index contributed by atoms with van der Waals surface area (Å²) < 4.78 is 25.7. The van der Waals surface area contributed by atoms with Crippen molar-refractivity contribution in [1.29, 1.82) is 0 Å². The van der Waals surface area contributed by atoms with Crippen molar-refractivity contribution in [2.24, 2.45) is 0 Å². The van der Waals surface area contributed by atoms with Crippen LogP contribution in [-0.2, 0) is 15.4 Å². The number of sulfonamides is 1. The van der Waals surface area contributed by atoms with E-state index in [9.17, 15) is 8.42 Å². The van der Waals surface area contributed by atoms with Crippen LogP contribution in [0.1, 0.15) is 26.3 Å². The lowest BCUT2D eigenvalue weighted by molar-refractivity contribution is 0.320. The van der Waals surface area contributed by atoms with Crippen LogP contribution in [0, 0.1) is 0 Å². The molecule has 1 aromatic rings. The van der Waals surface area contributed by atoms with Crippen molar-refractivity contribution in [3.8, 4) is 0 Å². The Balaban J connectivity index is 3.08. The third-order valence-corrected chi connectivity index (χ3v) is 3.61. The maximum absolute atomic E-state index is 11.6. The molecule has 0 fully saturated rings. The smallest absolute Gasteiger partial charge is 0.234 e. The number of hydrogen-bond donors (Lipinski definition) is 2. The summed E-state index contributed by atoms with van der Waals surface area (Å²) in [6.45, 7) is 5.68. The van der Waals surface area contributed by atoms with E-state index in [2.05, 4.69) is 4.72 Å². The lowest BCUT2D eigenvalue weighted by Gasteiger charge is -2.23. The highest BCUT2D eigenvalue weighted by molar-refractivity contribution is 7.92. The van der Waals surface area contributed by atoms with Crippen LogP contribution in [-0.4, -0.2) is 25.9 Å². The lowest BCUT2D eigenvalue weighted by atomic mass is 9.86. The van der Waals surface area contributed by atoms with Gasteiger partial charge in [0.25, 0.3) is 0 Å². The molecule has 96 valence electrons. The average molecular weight is 257 g/mol. The maximum atomic E-state index is 11.6. The molecule has 0 bridgehead atoms. The number of rotatable bonds is 4. The van der Waals surface area contributed by atoms with E-state index in [1.54, 1.807) is 12.1 Å². The first kappa shape index (κ1) is 14.0. The number of nitrogens with one attached hydrogen (secondary N) is 1. The van der Waals surface area contributed by atoms with Crippen molar-refractivity contribution < 1.29 is 13.5 Å². The number of anilines is 1. The molecule has 17 heavy (non-hydrogen) atoms. The second-order valence-corrected chi connectivity index (χ2v) is 6.78. The van der Waals surface area contributed by atoms with Crippen molar-refractivity contribution >= 4 is 15.7 Å². The van der Waals surface area contributed by atoms with Crippen molar-refractivity contribution in [3.05, 3.63) is 29.8 Å². The molecule has 0 aromatic heterocycles. The van der Waals surface area contributed by atoms with Gasteiger partial charge in [-0.05, 0) is 17.0 Å². The number of aliphatic hydroxyl groups excluding tert-OH is 1. The number of benzene rings is 1. The molecule has 0 radical (unpaired) electrons. The van der Waals surface area contributed by atoms with Crippen LogP contribution in [0.4, 0.5) is 5.69 Å². The van der Waals surface area contributed by atoms with Crippen molar-refractivity contribution in [3.63, 3.8) is 0 Å². The van der Waals surface area contributed by atoms with E-state index in [0.29, 0.717) is 5.69 Å². The second-order valence-electron chi connectivity index (χ2n) is 4.94. The SMILES string of the molecule is CC(C)(C)c1ccccc1NS(=O)(=O)CCO. The van der Waals surface area contributed by atoms with Crippen LogP contribution in [0.2, 0.25) is 0 Å². The van der Waals surface area contributed by atoms with Crippen molar-refractivity contribution in [1.82, 2.24) is 0 Å². The standard InChI is InChI=1S/C12H19NO3S/c1-12(2,3)10-6-4-5-7-11(10)13-17(15,16)9-8-14/h4-7,13-14H,8-9H2,1-3H3. The minimum atomic E-state index is -3.47. The van der Waals surface area contributed by atoms with Gasteiger partial charge in [-0.2, -0.15) is 0 Å². The molecule has 0 saturated heterocycles. The van der Waals surface area contributed by atoms with Gasteiger partial charge in [-0.3, -0.25) is 4.72 Å². The topological polar surface area (TPSA) is 66.4 Å². The van der Waals surface area contributed by atoms with Gasteiger partial charge in [0.15, 0.2) is 0 Å². The first-order valence-corrected chi connectivity index (χ1v) is 7.12. The Labute approximate surface area is 103 Å². The van der Waals surface area contributed by atoms with Crippen molar-refractivity contribution in [2.75, 3.05) is 17.1 Å². The van der Waals surface area contributed by atoms with Crippen molar-refractivity contribution in [2.45, 2.75) is 26.2 Å². The summed E-state index contributed by atoms with van der Waals surface area (Å²) in [5, 5.41) is 8.69. The van der Waals surface area contributed by atoms with Crippen LogP contribution in [0.5, 0.6) is 0 Å². The summed E-state index contributed by atoms with van der Waals surface area (Å²) in [5.41, 5.74) is 1.37. The van der Waals surface area contributed by atoms with E-state index in [1.165, 1.54) is 0 Å². The molecule has 5 heteroatoms. The van der Waals surface area contributed by atoms with Crippen LogP contribution in [0.25, 0.3) is 0 Å². The zero-order valence-electron chi connectivity index (χ0n) is 10.4. The highest BCUT2D eigenvalue weighted by Crippen LogP contribution is 2.29. The average Bonchev–Trinajstić information content (AvgIpc) is 2.15. The molecule has 0 aliphatic carbocycles. The minimum absolute atomic E-state index is 0.141. The molecule has 0 saturated carbocycles. The van der Waals surface area contributed by atoms with Gasteiger partial charge in [0.1, 0.15) is 0 Å². The summed E-state index contributed by atoms with van der Waals surface area (Å²) in [7, 11) is -3.47. The van der Waals surface area contributed by atoms with Gasteiger partial charge in [-0.1, -0.05) is 39.0 Å². The summed E-state index contributed by atoms with van der Waals surface area (Å²) >= 11 is 0. The summed E-state index contributed by atoms with van der Waals surface area (Å²) in [5.74, 6) is -0.286. The number of hydrogen-bond acceptors (Lipinski definition) is 3. The minimum Gasteiger partial charge on any atom is -0.395 e. The van der Waals surface area contributed by atoms with Gasteiger partial charge >= 0.3 is 0 Å². The molecule has 0 amide bonds. The predicted octanol–water partition coefficient (Wildman–Crippen LogP) is 1.72. The van der Waals surface area contributed by atoms with E-state index in [-0.39, 0.29) is 17.8 Å². The summed E-state index contributed by atoms with van der Waals surface area (Å²) in [4.78, 5) is 0. The Hall–Kier alpha value is -1.07. The molecule has 2 N–H and O–H groups in total. The fourth-order valence-electron chi connectivity index (χ4n) is 1.56. The van der Waals surface area contributed by atoms with E-state index >= 15 is 0 Å². The van der Waals surface area contributed by atoms with Crippen LogP contribution in [0.3, 0.4) is 0 Å². The molecule has 0 aliphatic heterocycles. The fourth-order valence-corrected chi connectivity index (χ4v) is 2.42. The molecular formula is C12H19NO3S. The third kappa shape index (κ3) is 4.02. The molecule has 0 atom stereocenters. The van der Waals surface area contributed by atoms with Gasteiger partial charge in [-0.25, -0.2) is 8.42 Å². The zero-order valence-corrected chi connectivity index (χ0v) is 11.2. The van der Waals surface area contributed by atoms with Gasteiger partial charge in [0.05, 0.1) is 18.0 Å². The molecule has 4 nitrogen and oxygen atoms in total. The molecule has 0 spiro atoms. The van der Waals surface area contributed by atoms with Crippen LogP contribution < -0.4 is 4.72 Å². The van der Waals surface area contributed by atoms with Gasteiger partial charge in [-0.15, -0.1) is 0 Å². The van der Waals surface area contributed by atoms with Crippen LogP contribution >= 0.6 is 0 Å². The van der Waals surface area contributed by atoms with E-state index < -0.39 is 10.0 Å². The molecule has 0 unspecified atom stereocenters. The number of aliphatic hydroxyl groups is 1. The largest absolute Gasteiger partial charge is 0.395 e. The van der Waals surface area contributed by atoms with E-state index in [0.717, 1.165) is 5.56 Å². The maximum Gasteiger partial charge on any atom is 0.234 e. The molecule has 0 heterocycles. The van der Waals surface area contributed by atoms with Gasteiger partial charge < -0.3 is 5.11 Å². The van der Waals surface area contributed by atoms with Gasteiger partial charge in [0, 0.05) is 0 Å². The lowest BCUT2D eigenvalue weighted by Crippen LogP contribution is -2.22. The Morgan fingerprint density at radius 3 is 2.35 bits per heavy atom. The van der Waals surface area contributed by atoms with E-state index in [4.69, 9.17) is 5.11 Å². The molecular weight excluding hydrogens is 238 g/mol. The fraction of sp³-hybridized carbons (Fsp3) is 0.500. The molecule has 0 aliphatic rings. The first-order valence-electron chi connectivity index (χ1n) is 5.47. The quantitative estimate of drug-likeness (QED) is 0.863. The zero-order chi connectivity index (χ0) is 13.1. The normalized spacial score (nSPS) is 12.5. The molecule has 1 aromatic carbocycles. The molecule has 1 rings (SSSR count). The van der Waals surface area contributed by atoms with Gasteiger partial charge in [0.2, 0.25) is 10.0 Å².